The average molecular weight is 259 g/mol. The lowest BCUT2D eigenvalue weighted by atomic mass is 10.2. The molecular weight excluding hydrogens is 238 g/mol. The molecule has 0 spiro atoms. The first kappa shape index (κ1) is 16.4. The van der Waals surface area contributed by atoms with Gasteiger partial charge in [-0.2, -0.15) is 0 Å². The quantitative estimate of drug-likeness (QED) is 0.380. The van der Waals surface area contributed by atoms with Crippen LogP contribution in [0.15, 0.2) is 0 Å². The zero-order chi connectivity index (χ0) is 13.8. The van der Waals surface area contributed by atoms with E-state index in [4.69, 9.17) is 5.11 Å². The number of amides is 2. The van der Waals surface area contributed by atoms with Crippen molar-refractivity contribution >= 4 is 17.8 Å². The van der Waals surface area contributed by atoms with Crippen molar-refractivity contribution in [3.05, 3.63) is 0 Å². The highest BCUT2D eigenvalue weighted by Crippen LogP contribution is 1.90. The molecule has 7 nitrogen and oxygen atoms in total. The predicted molar refractivity (Wildman–Crippen MR) is 66.0 cm³/mol. The van der Waals surface area contributed by atoms with E-state index in [9.17, 15) is 14.4 Å². The SMILES string of the molecule is CCCCCNCC(=O)NCC(=O)NCC(=O)O. The predicted octanol–water partition coefficient (Wildman–Crippen LogP) is -0.917. The molecule has 0 aromatic heterocycles. The van der Waals surface area contributed by atoms with Gasteiger partial charge in [-0.15, -0.1) is 0 Å². The fourth-order valence-electron chi connectivity index (χ4n) is 1.18. The van der Waals surface area contributed by atoms with Gasteiger partial charge in [0.25, 0.3) is 0 Å². The number of carboxylic acid groups (broad SMARTS) is 1. The second-order valence-electron chi connectivity index (χ2n) is 3.83. The number of nitrogens with one attached hydrogen (secondary N) is 3. The molecule has 0 unspecified atom stereocenters. The van der Waals surface area contributed by atoms with Gasteiger partial charge in [-0.25, -0.2) is 0 Å². The van der Waals surface area contributed by atoms with Gasteiger partial charge < -0.3 is 21.1 Å². The number of unbranched alkanes of at least 4 members (excludes halogenated alkanes) is 2. The van der Waals surface area contributed by atoms with Crippen molar-refractivity contribution in [3.8, 4) is 0 Å². The highest BCUT2D eigenvalue weighted by molar-refractivity contribution is 5.87. The van der Waals surface area contributed by atoms with E-state index in [-0.39, 0.29) is 19.0 Å². The molecule has 0 aromatic rings. The Balaban J connectivity index is 3.46. The number of carbonyl (C=O) groups is 3. The van der Waals surface area contributed by atoms with Crippen molar-refractivity contribution in [2.24, 2.45) is 0 Å². The van der Waals surface area contributed by atoms with Crippen molar-refractivity contribution in [1.82, 2.24) is 16.0 Å². The summed E-state index contributed by atoms with van der Waals surface area (Å²) in [4.78, 5) is 32.5. The molecule has 0 aromatic carbocycles. The molecule has 0 saturated heterocycles. The van der Waals surface area contributed by atoms with E-state index in [1.165, 1.54) is 0 Å². The lowest BCUT2D eigenvalue weighted by Gasteiger charge is -2.06. The zero-order valence-electron chi connectivity index (χ0n) is 10.6. The Kier molecular flexibility index (Phi) is 9.57. The third-order valence-electron chi connectivity index (χ3n) is 2.13. The maximum atomic E-state index is 11.2. The molecule has 0 aliphatic carbocycles. The topological polar surface area (TPSA) is 108 Å². The molecule has 0 radical (unpaired) electrons. The molecule has 0 aliphatic rings. The van der Waals surface area contributed by atoms with Gasteiger partial charge >= 0.3 is 5.97 Å². The van der Waals surface area contributed by atoms with Crippen LogP contribution in [0.25, 0.3) is 0 Å². The molecule has 7 heteroatoms. The Bertz CT molecular complexity index is 281. The van der Waals surface area contributed by atoms with E-state index < -0.39 is 18.4 Å². The number of hydrogen-bond donors (Lipinski definition) is 4. The Morgan fingerprint density at radius 1 is 0.944 bits per heavy atom. The van der Waals surface area contributed by atoms with Crippen molar-refractivity contribution in [1.29, 1.82) is 0 Å². The maximum absolute atomic E-state index is 11.2. The maximum Gasteiger partial charge on any atom is 0.322 e. The third-order valence-corrected chi connectivity index (χ3v) is 2.13. The summed E-state index contributed by atoms with van der Waals surface area (Å²) in [7, 11) is 0. The minimum absolute atomic E-state index is 0.163. The van der Waals surface area contributed by atoms with Crippen LogP contribution in [0.2, 0.25) is 0 Å². The van der Waals surface area contributed by atoms with Crippen LogP contribution < -0.4 is 16.0 Å². The molecule has 0 rings (SSSR count). The highest BCUT2D eigenvalue weighted by Gasteiger charge is 2.06. The first-order chi connectivity index (χ1) is 8.56. The second kappa shape index (κ2) is 10.5. The molecule has 0 atom stereocenters. The second-order valence-corrected chi connectivity index (χ2v) is 3.83. The smallest absolute Gasteiger partial charge is 0.322 e. The van der Waals surface area contributed by atoms with Crippen LogP contribution in [0.4, 0.5) is 0 Å². The Hall–Kier alpha value is -1.63. The molecule has 0 fully saturated rings. The number of rotatable bonds is 10. The number of aliphatic carboxylic acids is 1. The van der Waals surface area contributed by atoms with Crippen LogP contribution in [-0.2, 0) is 14.4 Å². The largest absolute Gasteiger partial charge is 0.480 e. The molecule has 104 valence electrons. The normalized spacial score (nSPS) is 9.83. The number of hydrogen-bond acceptors (Lipinski definition) is 4. The van der Waals surface area contributed by atoms with E-state index in [0.29, 0.717) is 0 Å². The van der Waals surface area contributed by atoms with Gasteiger partial charge in [0.15, 0.2) is 0 Å². The Labute approximate surface area is 106 Å². The summed E-state index contributed by atoms with van der Waals surface area (Å²) in [6.07, 6.45) is 3.26. The molecule has 4 N–H and O–H groups in total. The van der Waals surface area contributed by atoms with Crippen LogP contribution in [0.3, 0.4) is 0 Å². The number of carbonyl (C=O) groups excluding carboxylic acids is 2. The van der Waals surface area contributed by atoms with Crippen LogP contribution in [0.1, 0.15) is 26.2 Å². The van der Waals surface area contributed by atoms with Gasteiger partial charge in [0, 0.05) is 0 Å². The van der Waals surface area contributed by atoms with Crippen LogP contribution in [0, 0.1) is 0 Å². The van der Waals surface area contributed by atoms with E-state index in [1.54, 1.807) is 0 Å². The van der Waals surface area contributed by atoms with Crippen LogP contribution in [0.5, 0.6) is 0 Å². The molecule has 0 bridgehead atoms. The van der Waals surface area contributed by atoms with Crippen molar-refractivity contribution in [2.75, 3.05) is 26.2 Å². The van der Waals surface area contributed by atoms with E-state index in [2.05, 4.69) is 22.9 Å². The van der Waals surface area contributed by atoms with Gasteiger partial charge in [-0.1, -0.05) is 19.8 Å². The van der Waals surface area contributed by atoms with Gasteiger partial charge in [0.1, 0.15) is 6.54 Å². The molecule has 18 heavy (non-hydrogen) atoms. The standard InChI is InChI=1S/C11H21N3O4/c1-2-3-4-5-12-6-9(15)13-7-10(16)14-8-11(17)18/h12H,2-8H2,1H3,(H,13,15)(H,14,16)(H,17,18). The Morgan fingerprint density at radius 2 is 1.56 bits per heavy atom. The summed E-state index contributed by atoms with van der Waals surface area (Å²) in [5, 5.41) is 15.8. The first-order valence-corrected chi connectivity index (χ1v) is 6.02. The molecule has 0 heterocycles. The van der Waals surface area contributed by atoms with Gasteiger partial charge in [0.2, 0.25) is 11.8 Å². The van der Waals surface area contributed by atoms with Gasteiger partial charge in [0.05, 0.1) is 13.1 Å². The Morgan fingerprint density at radius 3 is 2.17 bits per heavy atom. The van der Waals surface area contributed by atoms with E-state index in [0.717, 1.165) is 25.8 Å². The van der Waals surface area contributed by atoms with Crippen molar-refractivity contribution in [3.63, 3.8) is 0 Å². The summed E-state index contributed by atoms with van der Waals surface area (Å²) in [5.41, 5.74) is 0. The average Bonchev–Trinajstić information content (AvgIpc) is 2.33. The minimum Gasteiger partial charge on any atom is -0.480 e. The minimum atomic E-state index is -1.12. The molecule has 0 aliphatic heterocycles. The van der Waals surface area contributed by atoms with Crippen LogP contribution >= 0.6 is 0 Å². The first-order valence-electron chi connectivity index (χ1n) is 6.02. The lowest BCUT2D eigenvalue weighted by Crippen LogP contribution is -2.42. The van der Waals surface area contributed by atoms with Gasteiger partial charge in [-0.05, 0) is 13.0 Å². The summed E-state index contributed by atoms with van der Waals surface area (Å²) in [6.45, 7) is 2.39. The van der Waals surface area contributed by atoms with E-state index in [1.807, 2.05) is 0 Å². The molecule has 0 saturated carbocycles. The van der Waals surface area contributed by atoms with Crippen molar-refractivity contribution in [2.45, 2.75) is 26.2 Å². The fourth-order valence-corrected chi connectivity index (χ4v) is 1.18. The summed E-state index contributed by atoms with van der Waals surface area (Å²) >= 11 is 0. The highest BCUT2D eigenvalue weighted by atomic mass is 16.4. The number of carboxylic acids is 1. The van der Waals surface area contributed by atoms with Gasteiger partial charge in [-0.3, -0.25) is 14.4 Å². The summed E-state index contributed by atoms with van der Waals surface area (Å²) in [6, 6.07) is 0. The fraction of sp³-hybridized carbons (Fsp3) is 0.727. The molecular formula is C11H21N3O4. The van der Waals surface area contributed by atoms with Crippen molar-refractivity contribution < 1.29 is 19.5 Å². The molecule has 2 amide bonds. The van der Waals surface area contributed by atoms with E-state index >= 15 is 0 Å². The third kappa shape index (κ3) is 10.9. The zero-order valence-corrected chi connectivity index (χ0v) is 10.6. The monoisotopic (exact) mass is 259 g/mol. The van der Waals surface area contributed by atoms with Crippen LogP contribution in [-0.4, -0.2) is 49.1 Å². The lowest BCUT2D eigenvalue weighted by molar-refractivity contribution is -0.137. The summed E-state index contributed by atoms with van der Waals surface area (Å²) < 4.78 is 0. The summed E-state index contributed by atoms with van der Waals surface area (Å²) in [5.74, 6) is -1.92.